The first-order chi connectivity index (χ1) is 14.8. The first-order valence-corrected chi connectivity index (χ1v) is 9.31. The summed E-state index contributed by atoms with van der Waals surface area (Å²) in [7, 11) is 0. The Hall–Kier alpha value is -4.21. The highest BCUT2D eigenvalue weighted by atomic mass is 16.5. The van der Waals surface area contributed by atoms with Gasteiger partial charge < -0.3 is 15.4 Å². The van der Waals surface area contributed by atoms with Crippen molar-refractivity contribution in [3.8, 4) is 0 Å². The minimum Gasteiger partial charge on any atom is -0.456 e. The van der Waals surface area contributed by atoms with Gasteiger partial charge in [-0.3, -0.25) is 34.8 Å². The van der Waals surface area contributed by atoms with Crippen LogP contribution in [0.15, 0.2) is 54.6 Å². The molecule has 0 saturated carbocycles. The summed E-state index contributed by atoms with van der Waals surface area (Å²) in [6, 6.07) is 14.7. The number of rotatable bonds is 8. The van der Waals surface area contributed by atoms with Crippen molar-refractivity contribution >= 4 is 41.0 Å². The maximum absolute atomic E-state index is 11.8. The third-order valence-electron chi connectivity index (χ3n) is 3.76. The SMILES string of the molecule is CC(=O)Nc1ccc(NC(=O)COC(=O)CCC(=O)NNC(=O)c2ccccc2)cc1. The van der Waals surface area contributed by atoms with Gasteiger partial charge in [-0.05, 0) is 36.4 Å². The van der Waals surface area contributed by atoms with Crippen LogP contribution >= 0.6 is 0 Å². The lowest BCUT2D eigenvalue weighted by Crippen LogP contribution is -2.41. The molecule has 0 aliphatic carbocycles. The fourth-order valence-electron chi connectivity index (χ4n) is 2.32. The van der Waals surface area contributed by atoms with Crippen LogP contribution in [0, 0.1) is 0 Å². The molecule has 0 unspecified atom stereocenters. The fraction of sp³-hybridized carbons (Fsp3) is 0.190. The summed E-state index contributed by atoms with van der Waals surface area (Å²) < 4.78 is 4.82. The van der Waals surface area contributed by atoms with E-state index in [4.69, 9.17) is 4.74 Å². The van der Waals surface area contributed by atoms with E-state index >= 15 is 0 Å². The largest absolute Gasteiger partial charge is 0.456 e. The second-order valence-corrected chi connectivity index (χ2v) is 6.34. The van der Waals surface area contributed by atoms with Crippen molar-refractivity contribution in [2.75, 3.05) is 17.2 Å². The molecule has 0 fully saturated rings. The van der Waals surface area contributed by atoms with Gasteiger partial charge in [-0.1, -0.05) is 18.2 Å². The molecule has 0 bridgehead atoms. The van der Waals surface area contributed by atoms with Gasteiger partial charge in [0.2, 0.25) is 11.8 Å². The number of hydrazine groups is 1. The van der Waals surface area contributed by atoms with E-state index in [1.165, 1.54) is 6.92 Å². The van der Waals surface area contributed by atoms with Crippen molar-refractivity contribution in [1.29, 1.82) is 0 Å². The molecule has 0 heterocycles. The molecule has 4 amide bonds. The smallest absolute Gasteiger partial charge is 0.306 e. The minimum absolute atomic E-state index is 0.212. The molecule has 0 aromatic heterocycles. The molecule has 4 N–H and O–H groups in total. The van der Waals surface area contributed by atoms with Gasteiger partial charge in [0.1, 0.15) is 0 Å². The molecule has 10 heteroatoms. The third-order valence-corrected chi connectivity index (χ3v) is 3.76. The summed E-state index contributed by atoms with van der Waals surface area (Å²) in [5.41, 5.74) is 5.85. The fourth-order valence-corrected chi connectivity index (χ4v) is 2.32. The van der Waals surface area contributed by atoms with Crippen LogP contribution in [0.5, 0.6) is 0 Å². The average Bonchev–Trinajstić information content (AvgIpc) is 2.76. The molecule has 0 saturated heterocycles. The lowest BCUT2D eigenvalue weighted by atomic mass is 10.2. The van der Waals surface area contributed by atoms with Gasteiger partial charge in [-0.2, -0.15) is 0 Å². The zero-order chi connectivity index (χ0) is 22.6. The van der Waals surface area contributed by atoms with Crippen LogP contribution in [0.3, 0.4) is 0 Å². The normalized spacial score (nSPS) is 9.84. The van der Waals surface area contributed by atoms with Crippen LogP contribution in [0.25, 0.3) is 0 Å². The highest BCUT2D eigenvalue weighted by Crippen LogP contribution is 2.13. The van der Waals surface area contributed by atoms with Crippen LogP contribution in [-0.4, -0.2) is 36.2 Å². The molecular weight excluding hydrogens is 404 g/mol. The predicted molar refractivity (Wildman–Crippen MR) is 112 cm³/mol. The predicted octanol–water partition coefficient (Wildman–Crippen LogP) is 1.37. The van der Waals surface area contributed by atoms with Crippen LogP contribution in [0.2, 0.25) is 0 Å². The van der Waals surface area contributed by atoms with Gasteiger partial charge in [0.15, 0.2) is 6.61 Å². The molecule has 31 heavy (non-hydrogen) atoms. The Morgan fingerprint density at radius 2 is 1.35 bits per heavy atom. The maximum Gasteiger partial charge on any atom is 0.306 e. The molecule has 2 rings (SSSR count). The first kappa shape index (κ1) is 23.1. The minimum atomic E-state index is -0.735. The number of anilines is 2. The van der Waals surface area contributed by atoms with Gasteiger partial charge in [0.05, 0.1) is 6.42 Å². The van der Waals surface area contributed by atoms with E-state index < -0.39 is 30.3 Å². The zero-order valence-corrected chi connectivity index (χ0v) is 16.8. The number of hydrogen-bond acceptors (Lipinski definition) is 6. The van der Waals surface area contributed by atoms with Gasteiger partial charge in [0, 0.05) is 30.3 Å². The molecule has 0 aliphatic rings. The van der Waals surface area contributed by atoms with Crippen molar-refractivity contribution in [3.63, 3.8) is 0 Å². The molecule has 2 aromatic rings. The van der Waals surface area contributed by atoms with Crippen LogP contribution < -0.4 is 21.5 Å². The Labute approximate surface area is 178 Å². The van der Waals surface area contributed by atoms with Crippen molar-refractivity contribution < 1.29 is 28.7 Å². The Balaban J connectivity index is 1.63. The lowest BCUT2D eigenvalue weighted by molar-refractivity contribution is -0.148. The number of benzene rings is 2. The highest BCUT2D eigenvalue weighted by Gasteiger charge is 2.12. The van der Waals surface area contributed by atoms with Gasteiger partial charge in [0.25, 0.3) is 11.8 Å². The summed E-state index contributed by atoms with van der Waals surface area (Å²) in [6.07, 6.45) is -0.480. The monoisotopic (exact) mass is 426 g/mol. The summed E-state index contributed by atoms with van der Waals surface area (Å²) >= 11 is 0. The summed E-state index contributed by atoms with van der Waals surface area (Å²) in [5, 5.41) is 5.13. The molecule has 0 spiro atoms. The maximum atomic E-state index is 11.8. The molecule has 0 aliphatic heterocycles. The molecule has 0 radical (unpaired) electrons. The van der Waals surface area contributed by atoms with Crippen LogP contribution in [-0.2, 0) is 23.9 Å². The van der Waals surface area contributed by atoms with E-state index in [-0.39, 0.29) is 18.7 Å². The molecule has 2 aromatic carbocycles. The van der Waals surface area contributed by atoms with E-state index in [0.717, 1.165) is 0 Å². The second-order valence-electron chi connectivity index (χ2n) is 6.34. The molecular formula is C21H22N4O6. The van der Waals surface area contributed by atoms with E-state index in [1.54, 1.807) is 54.6 Å². The number of hydrogen-bond donors (Lipinski definition) is 4. The topological polar surface area (TPSA) is 143 Å². The van der Waals surface area contributed by atoms with Crippen molar-refractivity contribution in [2.45, 2.75) is 19.8 Å². The van der Waals surface area contributed by atoms with Crippen LogP contribution in [0.4, 0.5) is 11.4 Å². The Kier molecular flexibility index (Phi) is 8.72. The summed E-state index contributed by atoms with van der Waals surface area (Å²) in [6.45, 7) is 0.868. The second kappa shape index (κ2) is 11.7. The molecule has 162 valence electrons. The molecule has 0 atom stereocenters. The lowest BCUT2D eigenvalue weighted by Gasteiger charge is -2.09. The number of amides is 4. The van der Waals surface area contributed by atoms with Crippen molar-refractivity contribution in [3.05, 3.63) is 60.2 Å². The van der Waals surface area contributed by atoms with Gasteiger partial charge >= 0.3 is 5.97 Å². The van der Waals surface area contributed by atoms with Gasteiger partial charge in [-0.25, -0.2) is 0 Å². The highest BCUT2D eigenvalue weighted by molar-refractivity contribution is 5.96. The van der Waals surface area contributed by atoms with Crippen LogP contribution in [0.1, 0.15) is 30.1 Å². The number of nitrogens with one attached hydrogen (secondary N) is 4. The van der Waals surface area contributed by atoms with E-state index in [0.29, 0.717) is 16.9 Å². The average molecular weight is 426 g/mol. The molecule has 10 nitrogen and oxygen atoms in total. The van der Waals surface area contributed by atoms with Crippen molar-refractivity contribution in [1.82, 2.24) is 10.9 Å². The number of esters is 1. The van der Waals surface area contributed by atoms with E-state index in [2.05, 4.69) is 21.5 Å². The van der Waals surface area contributed by atoms with E-state index in [9.17, 15) is 24.0 Å². The standard InChI is InChI=1S/C21H22N4O6/c1-14(26)22-16-7-9-17(10-8-16)23-19(28)13-31-20(29)12-11-18(27)24-25-21(30)15-5-3-2-4-6-15/h2-10H,11-13H2,1H3,(H,22,26)(H,23,28)(H,24,27)(H,25,30). The quantitative estimate of drug-likeness (QED) is 0.371. The van der Waals surface area contributed by atoms with Crippen molar-refractivity contribution in [2.24, 2.45) is 0 Å². The van der Waals surface area contributed by atoms with E-state index in [1.807, 2.05) is 0 Å². The Morgan fingerprint density at radius 3 is 1.97 bits per heavy atom. The van der Waals surface area contributed by atoms with Gasteiger partial charge in [-0.15, -0.1) is 0 Å². The first-order valence-electron chi connectivity index (χ1n) is 9.31. The zero-order valence-electron chi connectivity index (χ0n) is 16.8. The summed E-state index contributed by atoms with van der Waals surface area (Å²) in [4.78, 5) is 58.0. The number of carbonyl (C=O) groups is 5. The number of ether oxygens (including phenoxy) is 1. The number of carbonyl (C=O) groups excluding carboxylic acids is 5. The summed E-state index contributed by atoms with van der Waals surface area (Å²) in [5.74, 6) is -2.57. The Bertz CT molecular complexity index is 944. The Morgan fingerprint density at radius 1 is 0.742 bits per heavy atom. The third kappa shape index (κ3) is 8.77.